The molecule has 2 aromatic rings. The summed E-state index contributed by atoms with van der Waals surface area (Å²) >= 11 is 6.01. The SMILES string of the molecule is Cn1cc(Cl)c(C(=O)NC2CCCc3ccccc32)n1. The van der Waals surface area contributed by atoms with Crippen LogP contribution in [0.5, 0.6) is 0 Å². The Kier molecular flexibility index (Phi) is 3.49. The van der Waals surface area contributed by atoms with Gasteiger partial charge < -0.3 is 5.32 Å². The Morgan fingerprint density at radius 1 is 1.45 bits per heavy atom. The highest BCUT2D eigenvalue weighted by Gasteiger charge is 2.23. The maximum atomic E-state index is 12.3. The van der Waals surface area contributed by atoms with Gasteiger partial charge in [-0.05, 0) is 30.4 Å². The summed E-state index contributed by atoms with van der Waals surface area (Å²) in [7, 11) is 1.75. The van der Waals surface area contributed by atoms with Crippen LogP contribution < -0.4 is 5.32 Å². The van der Waals surface area contributed by atoms with Crippen molar-refractivity contribution in [3.8, 4) is 0 Å². The van der Waals surface area contributed by atoms with Crippen molar-refractivity contribution in [3.05, 3.63) is 52.3 Å². The van der Waals surface area contributed by atoms with Crippen LogP contribution in [0, 0.1) is 0 Å². The summed E-state index contributed by atoms with van der Waals surface area (Å²) in [5.41, 5.74) is 2.81. The molecule has 0 spiro atoms. The normalized spacial score (nSPS) is 17.6. The van der Waals surface area contributed by atoms with Crippen LogP contribution in [0.25, 0.3) is 0 Å². The number of aromatic nitrogens is 2. The first-order chi connectivity index (χ1) is 9.65. The summed E-state index contributed by atoms with van der Waals surface area (Å²) in [4.78, 5) is 12.3. The van der Waals surface area contributed by atoms with E-state index in [0.29, 0.717) is 5.02 Å². The Bertz CT molecular complexity index is 650. The summed E-state index contributed by atoms with van der Waals surface area (Å²) in [5.74, 6) is -0.211. The number of halogens is 1. The standard InChI is InChI=1S/C15H16ClN3O/c1-19-9-12(16)14(18-19)15(20)17-13-8-4-6-10-5-2-3-7-11(10)13/h2-3,5,7,9,13H,4,6,8H2,1H3,(H,17,20). The van der Waals surface area contributed by atoms with Crippen molar-refractivity contribution >= 4 is 17.5 Å². The third-order valence-corrected chi connectivity index (χ3v) is 3.95. The Morgan fingerprint density at radius 3 is 3.00 bits per heavy atom. The van der Waals surface area contributed by atoms with Crippen LogP contribution in [0.4, 0.5) is 0 Å². The molecule has 1 unspecified atom stereocenters. The van der Waals surface area contributed by atoms with Gasteiger partial charge in [-0.2, -0.15) is 5.10 Å². The molecule has 1 aliphatic rings. The van der Waals surface area contributed by atoms with Gasteiger partial charge >= 0.3 is 0 Å². The van der Waals surface area contributed by atoms with Gasteiger partial charge in [0.15, 0.2) is 5.69 Å². The van der Waals surface area contributed by atoms with Crippen LogP contribution in [-0.4, -0.2) is 15.7 Å². The van der Waals surface area contributed by atoms with Crippen LogP contribution in [-0.2, 0) is 13.5 Å². The first-order valence-electron chi connectivity index (χ1n) is 6.73. The number of nitrogens with zero attached hydrogens (tertiary/aromatic N) is 2. The fraction of sp³-hybridized carbons (Fsp3) is 0.333. The second-order valence-corrected chi connectivity index (χ2v) is 5.52. The Labute approximate surface area is 122 Å². The lowest BCUT2D eigenvalue weighted by Gasteiger charge is -2.26. The van der Waals surface area contributed by atoms with E-state index in [2.05, 4.69) is 22.5 Å². The first kappa shape index (κ1) is 13.2. The number of carbonyl (C=O) groups excluding carboxylic acids is 1. The Morgan fingerprint density at radius 2 is 2.25 bits per heavy atom. The first-order valence-corrected chi connectivity index (χ1v) is 7.11. The number of rotatable bonds is 2. The van der Waals surface area contributed by atoms with E-state index in [1.165, 1.54) is 11.1 Å². The molecule has 4 nitrogen and oxygen atoms in total. The van der Waals surface area contributed by atoms with Crippen molar-refractivity contribution in [1.29, 1.82) is 0 Å². The molecule has 5 heteroatoms. The van der Waals surface area contributed by atoms with Gasteiger partial charge in [0, 0.05) is 13.2 Å². The van der Waals surface area contributed by atoms with Crippen molar-refractivity contribution in [3.63, 3.8) is 0 Å². The minimum Gasteiger partial charge on any atom is -0.344 e. The second kappa shape index (κ2) is 5.29. The number of hydrogen-bond acceptors (Lipinski definition) is 2. The van der Waals surface area contributed by atoms with E-state index in [0.717, 1.165) is 19.3 Å². The predicted molar refractivity (Wildman–Crippen MR) is 77.8 cm³/mol. The summed E-state index contributed by atoms with van der Waals surface area (Å²) in [6.45, 7) is 0. The molecule has 1 aromatic carbocycles. The number of benzene rings is 1. The molecule has 0 bridgehead atoms. The average Bonchev–Trinajstić information content (AvgIpc) is 2.78. The summed E-state index contributed by atoms with van der Waals surface area (Å²) in [5, 5.41) is 7.53. The van der Waals surface area contributed by atoms with E-state index < -0.39 is 0 Å². The van der Waals surface area contributed by atoms with Crippen molar-refractivity contribution < 1.29 is 4.79 Å². The monoisotopic (exact) mass is 289 g/mol. The summed E-state index contributed by atoms with van der Waals surface area (Å²) < 4.78 is 1.55. The molecule has 0 aliphatic heterocycles. The van der Waals surface area contributed by atoms with E-state index in [1.54, 1.807) is 17.9 Å². The van der Waals surface area contributed by atoms with Crippen LogP contribution in [0.15, 0.2) is 30.5 Å². The highest BCUT2D eigenvalue weighted by Crippen LogP contribution is 2.29. The van der Waals surface area contributed by atoms with E-state index in [4.69, 9.17) is 11.6 Å². The van der Waals surface area contributed by atoms with Gasteiger partial charge in [0.25, 0.3) is 5.91 Å². The molecule has 20 heavy (non-hydrogen) atoms. The maximum absolute atomic E-state index is 12.3. The summed E-state index contributed by atoms with van der Waals surface area (Å²) in [6.07, 6.45) is 4.74. The van der Waals surface area contributed by atoms with Crippen molar-refractivity contribution in [2.24, 2.45) is 7.05 Å². The second-order valence-electron chi connectivity index (χ2n) is 5.12. The van der Waals surface area contributed by atoms with Crippen molar-refractivity contribution in [2.45, 2.75) is 25.3 Å². The summed E-state index contributed by atoms with van der Waals surface area (Å²) in [6, 6.07) is 8.31. The average molecular weight is 290 g/mol. The third-order valence-electron chi connectivity index (χ3n) is 3.67. The molecule has 1 atom stereocenters. The number of nitrogens with one attached hydrogen (secondary N) is 1. The zero-order valence-corrected chi connectivity index (χ0v) is 12.0. The predicted octanol–water partition coefficient (Wildman–Crippen LogP) is 2.88. The highest BCUT2D eigenvalue weighted by molar-refractivity contribution is 6.33. The van der Waals surface area contributed by atoms with Crippen LogP contribution in [0.1, 0.15) is 40.5 Å². The van der Waals surface area contributed by atoms with Crippen LogP contribution >= 0.6 is 11.6 Å². The van der Waals surface area contributed by atoms with Gasteiger partial charge in [-0.1, -0.05) is 35.9 Å². The number of amides is 1. The molecule has 104 valence electrons. The molecular weight excluding hydrogens is 274 g/mol. The van der Waals surface area contributed by atoms with Gasteiger partial charge in [-0.15, -0.1) is 0 Å². The minimum absolute atomic E-state index is 0.0468. The number of carbonyl (C=O) groups is 1. The molecule has 1 N–H and O–H groups in total. The van der Waals surface area contributed by atoms with Gasteiger partial charge in [0.05, 0.1) is 11.1 Å². The smallest absolute Gasteiger partial charge is 0.273 e. The Balaban J connectivity index is 1.82. The largest absolute Gasteiger partial charge is 0.344 e. The molecule has 1 amide bonds. The van der Waals surface area contributed by atoms with Gasteiger partial charge in [0.2, 0.25) is 0 Å². The van der Waals surface area contributed by atoms with Gasteiger partial charge in [0.1, 0.15) is 0 Å². The third kappa shape index (κ3) is 2.43. The Hall–Kier alpha value is -1.81. The fourth-order valence-corrected chi connectivity index (χ4v) is 3.01. The molecule has 3 rings (SSSR count). The van der Waals surface area contributed by atoms with E-state index in [9.17, 15) is 4.79 Å². The molecule has 0 saturated heterocycles. The van der Waals surface area contributed by atoms with E-state index in [1.807, 2.05) is 12.1 Å². The fourth-order valence-electron chi connectivity index (χ4n) is 2.74. The van der Waals surface area contributed by atoms with E-state index >= 15 is 0 Å². The number of aryl methyl sites for hydroxylation is 2. The lowest BCUT2D eigenvalue weighted by molar-refractivity contribution is 0.0927. The van der Waals surface area contributed by atoms with Crippen molar-refractivity contribution in [2.75, 3.05) is 0 Å². The maximum Gasteiger partial charge on any atom is 0.273 e. The quantitative estimate of drug-likeness (QED) is 0.924. The number of hydrogen-bond donors (Lipinski definition) is 1. The number of fused-ring (bicyclic) bond motifs is 1. The van der Waals surface area contributed by atoms with Crippen molar-refractivity contribution in [1.82, 2.24) is 15.1 Å². The molecular formula is C15H16ClN3O. The lowest BCUT2D eigenvalue weighted by Crippen LogP contribution is -2.31. The molecule has 1 aromatic heterocycles. The van der Waals surface area contributed by atoms with Gasteiger partial charge in [-0.3, -0.25) is 9.48 Å². The van der Waals surface area contributed by atoms with Crippen LogP contribution in [0.2, 0.25) is 5.02 Å². The molecule has 0 fully saturated rings. The molecule has 0 radical (unpaired) electrons. The zero-order chi connectivity index (χ0) is 14.1. The molecule has 0 saturated carbocycles. The zero-order valence-electron chi connectivity index (χ0n) is 11.3. The van der Waals surface area contributed by atoms with Crippen LogP contribution in [0.3, 0.4) is 0 Å². The molecule has 1 heterocycles. The highest BCUT2D eigenvalue weighted by atomic mass is 35.5. The van der Waals surface area contributed by atoms with E-state index in [-0.39, 0.29) is 17.6 Å². The van der Waals surface area contributed by atoms with Gasteiger partial charge in [-0.25, -0.2) is 0 Å². The molecule has 1 aliphatic carbocycles. The topological polar surface area (TPSA) is 46.9 Å². The lowest BCUT2D eigenvalue weighted by atomic mass is 9.88. The minimum atomic E-state index is -0.211.